The first kappa shape index (κ1) is 11.0. The summed E-state index contributed by atoms with van der Waals surface area (Å²) in [5, 5.41) is 0. The van der Waals surface area contributed by atoms with Crippen molar-refractivity contribution in [1.82, 2.24) is 5.48 Å². The fourth-order valence-electron chi connectivity index (χ4n) is 1.73. The Morgan fingerprint density at radius 2 is 1.77 bits per heavy atom. The van der Waals surface area contributed by atoms with Crippen molar-refractivity contribution in [2.24, 2.45) is 0 Å². The molecule has 2 atom stereocenters. The average molecular weight is 187 g/mol. The second-order valence-electron chi connectivity index (χ2n) is 4.21. The Hall–Kier alpha value is -0.120. The number of ether oxygens (including phenoxy) is 1. The van der Waals surface area contributed by atoms with Gasteiger partial charge in [-0.15, -0.1) is 0 Å². The second kappa shape index (κ2) is 4.94. The van der Waals surface area contributed by atoms with Crippen molar-refractivity contribution >= 4 is 0 Å². The number of hydrogen-bond acceptors (Lipinski definition) is 3. The van der Waals surface area contributed by atoms with E-state index in [4.69, 9.17) is 9.57 Å². The lowest BCUT2D eigenvalue weighted by atomic mass is 10.0. The third kappa shape index (κ3) is 4.07. The molecule has 1 rings (SSSR count). The summed E-state index contributed by atoms with van der Waals surface area (Å²) in [5.74, 6) is 0. The Balaban J connectivity index is 2.25. The van der Waals surface area contributed by atoms with Gasteiger partial charge in [-0.3, -0.25) is 4.84 Å². The average Bonchev–Trinajstić information content (AvgIpc) is 1.99. The van der Waals surface area contributed by atoms with Gasteiger partial charge in [0, 0.05) is 6.04 Å². The van der Waals surface area contributed by atoms with E-state index in [1.54, 1.807) is 0 Å². The third-order valence-electron chi connectivity index (χ3n) is 2.17. The van der Waals surface area contributed by atoms with Crippen LogP contribution in [0.1, 0.15) is 40.5 Å². The summed E-state index contributed by atoms with van der Waals surface area (Å²) in [7, 11) is 0. The van der Waals surface area contributed by atoms with Crippen LogP contribution in [-0.2, 0) is 9.57 Å². The van der Waals surface area contributed by atoms with E-state index in [1.807, 2.05) is 13.8 Å². The lowest BCUT2D eigenvalue weighted by Crippen LogP contribution is -2.42. The molecule has 0 aromatic heterocycles. The van der Waals surface area contributed by atoms with Gasteiger partial charge in [-0.2, -0.15) is 5.48 Å². The first-order valence-electron chi connectivity index (χ1n) is 5.14. The summed E-state index contributed by atoms with van der Waals surface area (Å²) in [6, 6.07) is 0.446. The molecule has 1 saturated heterocycles. The van der Waals surface area contributed by atoms with E-state index in [2.05, 4.69) is 19.3 Å². The van der Waals surface area contributed by atoms with Crippen LogP contribution in [0.2, 0.25) is 0 Å². The Kier molecular flexibility index (Phi) is 4.16. The molecule has 0 bridgehead atoms. The molecule has 0 radical (unpaired) electrons. The van der Waals surface area contributed by atoms with E-state index in [9.17, 15) is 0 Å². The van der Waals surface area contributed by atoms with Crippen LogP contribution in [0.15, 0.2) is 0 Å². The molecule has 1 aliphatic heterocycles. The molecule has 13 heavy (non-hydrogen) atoms. The topological polar surface area (TPSA) is 30.5 Å². The molecule has 1 aliphatic rings. The van der Waals surface area contributed by atoms with Crippen molar-refractivity contribution in [3.8, 4) is 0 Å². The Labute approximate surface area is 80.7 Å². The Morgan fingerprint density at radius 3 is 2.23 bits per heavy atom. The standard InChI is InChI=1S/C10H21NO2/c1-7(2)13-11-10-5-8(3)12-9(4)6-10/h7-11H,5-6H2,1-4H3. The minimum atomic E-state index is 0.244. The molecule has 0 aromatic carbocycles. The highest BCUT2D eigenvalue weighted by molar-refractivity contribution is 4.76. The van der Waals surface area contributed by atoms with Crippen LogP contribution < -0.4 is 5.48 Å². The zero-order valence-electron chi connectivity index (χ0n) is 9.04. The van der Waals surface area contributed by atoms with Gasteiger partial charge in [-0.1, -0.05) is 0 Å². The van der Waals surface area contributed by atoms with E-state index in [0.29, 0.717) is 18.2 Å². The SMILES string of the molecule is CC(C)ONC1CC(C)OC(C)C1. The maximum Gasteiger partial charge on any atom is 0.0734 e. The number of rotatable bonds is 3. The van der Waals surface area contributed by atoms with Gasteiger partial charge in [0.1, 0.15) is 0 Å². The normalized spacial score (nSPS) is 35.3. The van der Waals surface area contributed by atoms with E-state index in [0.717, 1.165) is 12.8 Å². The highest BCUT2D eigenvalue weighted by atomic mass is 16.7. The van der Waals surface area contributed by atoms with Crippen molar-refractivity contribution < 1.29 is 9.57 Å². The summed E-state index contributed by atoms with van der Waals surface area (Å²) < 4.78 is 5.63. The predicted octanol–water partition coefficient (Wildman–Crippen LogP) is 1.87. The Bertz CT molecular complexity index is 140. The van der Waals surface area contributed by atoms with Gasteiger partial charge in [-0.05, 0) is 40.5 Å². The molecule has 1 N–H and O–H groups in total. The maximum atomic E-state index is 5.63. The lowest BCUT2D eigenvalue weighted by Gasteiger charge is -2.32. The van der Waals surface area contributed by atoms with E-state index in [1.165, 1.54) is 0 Å². The zero-order chi connectivity index (χ0) is 9.84. The number of nitrogens with one attached hydrogen (secondary N) is 1. The summed E-state index contributed by atoms with van der Waals surface area (Å²) in [4.78, 5) is 5.37. The fraction of sp³-hybridized carbons (Fsp3) is 1.00. The van der Waals surface area contributed by atoms with E-state index in [-0.39, 0.29) is 6.10 Å². The van der Waals surface area contributed by atoms with Crippen molar-refractivity contribution in [3.63, 3.8) is 0 Å². The molecule has 3 nitrogen and oxygen atoms in total. The smallest absolute Gasteiger partial charge is 0.0734 e. The monoisotopic (exact) mass is 187 g/mol. The Morgan fingerprint density at radius 1 is 1.23 bits per heavy atom. The van der Waals surface area contributed by atoms with Crippen LogP contribution in [0, 0.1) is 0 Å². The van der Waals surface area contributed by atoms with Crippen LogP contribution in [0.25, 0.3) is 0 Å². The molecule has 0 aliphatic carbocycles. The van der Waals surface area contributed by atoms with Crippen LogP contribution in [-0.4, -0.2) is 24.4 Å². The van der Waals surface area contributed by atoms with Crippen LogP contribution >= 0.6 is 0 Å². The molecule has 0 spiro atoms. The summed E-state index contributed by atoms with van der Waals surface area (Å²) in [6.45, 7) is 8.28. The lowest BCUT2D eigenvalue weighted by molar-refractivity contribution is -0.0921. The molecule has 0 aromatic rings. The van der Waals surface area contributed by atoms with Crippen LogP contribution in [0.3, 0.4) is 0 Å². The van der Waals surface area contributed by atoms with Gasteiger partial charge in [0.15, 0.2) is 0 Å². The highest BCUT2D eigenvalue weighted by Crippen LogP contribution is 2.18. The summed E-state index contributed by atoms with van der Waals surface area (Å²) in [6.07, 6.45) is 3.01. The van der Waals surface area contributed by atoms with Gasteiger partial charge in [0.2, 0.25) is 0 Å². The molecular formula is C10H21NO2. The van der Waals surface area contributed by atoms with E-state index < -0.39 is 0 Å². The quantitative estimate of drug-likeness (QED) is 0.684. The van der Waals surface area contributed by atoms with Gasteiger partial charge in [0.05, 0.1) is 18.3 Å². The summed E-state index contributed by atoms with van der Waals surface area (Å²) in [5.41, 5.74) is 3.10. The van der Waals surface area contributed by atoms with Gasteiger partial charge < -0.3 is 4.74 Å². The van der Waals surface area contributed by atoms with E-state index >= 15 is 0 Å². The number of hydroxylamine groups is 1. The van der Waals surface area contributed by atoms with Gasteiger partial charge >= 0.3 is 0 Å². The fourth-order valence-corrected chi connectivity index (χ4v) is 1.73. The van der Waals surface area contributed by atoms with Gasteiger partial charge in [0.25, 0.3) is 0 Å². The minimum Gasteiger partial charge on any atom is -0.375 e. The van der Waals surface area contributed by atoms with Crippen molar-refractivity contribution in [2.75, 3.05) is 0 Å². The molecule has 0 amide bonds. The van der Waals surface area contributed by atoms with Crippen LogP contribution in [0.5, 0.6) is 0 Å². The van der Waals surface area contributed by atoms with Crippen LogP contribution in [0.4, 0.5) is 0 Å². The minimum absolute atomic E-state index is 0.244. The van der Waals surface area contributed by atoms with Crippen molar-refractivity contribution in [3.05, 3.63) is 0 Å². The molecule has 0 saturated carbocycles. The first-order valence-corrected chi connectivity index (χ1v) is 5.14. The highest BCUT2D eigenvalue weighted by Gasteiger charge is 2.24. The van der Waals surface area contributed by atoms with Gasteiger partial charge in [-0.25, -0.2) is 0 Å². The predicted molar refractivity (Wildman–Crippen MR) is 52.4 cm³/mol. The second-order valence-corrected chi connectivity index (χ2v) is 4.21. The molecule has 1 fully saturated rings. The zero-order valence-corrected chi connectivity index (χ0v) is 9.04. The molecular weight excluding hydrogens is 166 g/mol. The molecule has 3 heteroatoms. The maximum absolute atomic E-state index is 5.63. The number of hydrogen-bond donors (Lipinski definition) is 1. The molecule has 78 valence electrons. The third-order valence-corrected chi connectivity index (χ3v) is 2.17. The first-order chi connectivity index (χ1) is 6.08. The summed E-state index contributed by atoms with van der Waals surface area (Å²) >= 11 is 0. The van der Waals surface area contributed by atoms with Crippen molar-refractivity contribution in [2.45, 2.75) is 64.9 Å². The molecule has 2 unspecified atom stereocenters. The molecule has 1 heterocycles. The van der Waals surface area contributed by atoms with Crippen molar-refractivity contribution in [1.29, 1.82) is 0 Å². The largest absolute Gasteiger partial charge is 0.375 e.